The molecule has 0 aromatic heterocycles. The SMILES string of the molecule is Cc1cc(CCC(=O)N2C[C@H]3CNC[C@H]3C2)ccc1Br. The van der Waals surface area contributed by atoms with Crippen LogP contribution in [0.5, 0.6) is 0 Å². The predicted molar refractivity (Wildman–Crippen MR) is 83.6 cm³/mol. The van der Waals surface area contributed by atoms with Gasteiger partial charge in [-0.05, 0) is 42.4 Å². The molecule has 2 atom stereocenters. The summed E-state index contributed by atoms with van der Waals surface area (Å²) in [6, 6.07) is 6.34. The van der Waals surface area contributed by atoms with Crippen LogP contribution in [-0.4, -0.2) is 37.0 Å². The molecular weight excluding hydrogens is 316 g/mol. The molecule has 108 valence electrons. The van der Waals surface area contributed by atoms with Crippen LogP contribution in [0.3, 0.4) is 0 Å². The van der Waals surface area contributed by atoms with Crippen molar-refractivity contribution in [3.05, 3.63) is 33.8 Å². The zero-order valence-corrected chi connectivity index (χ0v) is 13.4. The van der Waals surface area contributed by atoms with E-state index in [-0.39, 0.29) is 0 Å². The predicted octanol–water partition coefficient (Wildman–Crippen LogP) is 2.37. The number of aryl methyl sites for hydroxylation is 2. The Hall–Kier alpha value is -0.870. The van der Waals surface area contributed by atoms with E-state index in [9.17, 15) is 4.79 Å². The molecule has 2 aliphatic rings. The molecule has 1 N–H and O–H groups in total. The number of rotatable bonds is 3. The molecule has 1 amide bonds. The highest BCUT2D eigenvalue weighted by Gasteiger charge is 2.37. The van der Waals surface area contributed by atoms with Crippen molar-refractivity contribution in [2.45, 2.75) is 19.8 Å². The van der Waals surface area contributed by atoms with Crippen LogP contribution in [-0.2, 0) is 11.2 Å². The van der Waals surface area contributed by atoms with E-state index in [2.05, 4.69) is 51.3 Å². The number of benzene rings is 1. The van der Waals surface area contributed by atoms with Crippen LogP contribution in [0.25, 0.3) is 0 Å². The Labute approximate surface area is 128 Å². The van der Waals surface area contributed by atoms with Gasteiger partial charge in [0.15, 0.2) is 0 Å². The van der Waals surface area contributed by atoms with E-state index in [0.29, 0.717) is 24.2 Å². The smallest absolute Gasteiger partial charge is 0.222 e. The van der Waals surface area contributed by atoms with Crippen LogP contribution in [0.4, 0.5) is 0 Å². The van der Waals surface area contributed by atoms with Crippen molar-refractivity contribution in [3.8, 4) is 0 Å². The molecule has 0 bridgehead atoms. The second-order valence-corrected chi connectivity index (χ2v) is 6.92. The first-order valence-corrected chi connectivity index (χ1v) is 8.16. The van der Waals surface area contributed by atoms with Crippen LogP contribution in [0, 0.1) is 18.8 Å². The minimum Gasteiger partial charge on any atom is -0.342 e. The highest BCUT2D eigenvalue weighted by molar-refractivity contribution is 9.10. The maximum atomic E-state index is 12.3. The maximum absolute atomic E-state index is 12.3. The number of carbonyl (C=O) groups is 1. The van der Waals surface area contributed by atoms with Gasteiger partial charge in [-0.2, -0.15) is 0 Å². The van der Waals surface area contributed by atoms with Crippen molar-refractivity contribution in [2.24, 2.45) is 11.8 Å². The largest absolute Gasteiger partial charge is 0.342 e. The van der Waals surface area contributed by atoms with Crippen molar-refractivity contribution in [3.63, 3.8) is 0 Å². The third kappa shape index (κ3) is 2.91. The Balaban J connectivity index is 1.53. The van der Waals surface area contributed by atoms with Crippen LogP contribution >= 0.6 is 15.9 Å². The van der Waals surface area contributed by atoms with Gasteiger partial charge in [0.2, 0.25) is 5.91 Å². The number of hydrogen-bond donors (Lipinski definition) is 1. The average Bonchev–Trinajstić information content (AvgIpc) is 3.00. The monoisotopic (exact) mass is 336 g/mol. The Kier molecular flexibility index (Phi) is 4.13. The van der Waals surface area contributed by atoms with Crippen LogP contribution in [0.2, 0.25) is 0 Å². The van der Waals surface area contributed by atoms with Crippen molar-refractivity contribution in [1.82, 2.24) is 10.2 Å². The summed E-state index contributed by atoms with van der Waals surface area (Å²) in [5.74, 6) is 1.70. The van der Waals surface area contributed by atoms with Gasteiger partial charge in [0.25, 0.3) is 0 Å². The minimum atomic E-state index is 0.319. The quantitative estimate of drug-likeness (QED) is 0.918. The molecule has 2 aliphatic heterocycles. The van der Waals surface area contributed by atoms with E-state index in [1.54, 1.807) is 0 Å². The highest BCUT2D eigenvalue weighted by Crippen LogP contribution is 2.27. The first-order valence-electron chi connectivity index (χ1n) is 7.37. The summed E-state index contributed by atoms with van der Waals surface area (Å²) in [5, 5.41) is 3.41. The fraction of sp³-hybridized carbons (Fsp3) is 0.562. The summed E-state index contributed by atoms with van der Waals surface area (Å²) in [6.45, 7) is 6.16. The second-order valence-electron chi connectivity index (χ2n) is 6.06. The first kappa shape index (κ1) is 14.1. The number of likely N-dealkylation sites (tertiary alicyclic amines) is 1. The zero-order chi connectivity index (χ0) is 14.1. The lowest BCUT2D eigenvalue weighted by molar-refractivity contribution is -0.130. The van der Waals surface area contributed by atoms with Gasteiger partial charge in [-0.3, -0.25) is 4.79 Å². The number of halogens is 1. The van der Waals surface area contributed by atoms with Gasteiger partial charge in [-0.1, -0.05) is 28.1 Å². The molecule has 0 saturated carbocycles. The number of fused-ring (bicyclic) bond motifs is 1. The van der Waals surface area contributed by atoms with Gasteiger partial charge >= 0.3 is 0 Å². The lowest BCUT2D eigenvalue weighted by Gasteiger charge is -2.17. The van der Waals surface area contributed by atoms with Gasteiger partial charge < -0.3 is 10.2 Å². The van der Waals surface area contributed by atoms with E-state index in [4.69, 9.17) is 0 Å². The standard InChI is InChI=1S/C16H21BrN2O/c1-11-6-12(2-4-15(11)17)3-5-16(20)19-9-13-7-18-8-14(13)10-19/h2,4,6,13-14,18H,3,5,7-10H2,1H3/t13-,14+. The number of nitrogens with zero attached hydrogens (tertiary/aromatic N) is 1. The van der Waals surface area contributed by atoms with Crippen molar-refractivity contribution in [2.75, 3.05) is 26.2 Å². The van der Waals surface area contributed by atoms with Gasteiger partial charge in [-0.25, -0.2) is 0 Å². The fourth-order valence-corrected chi connectivity index (χ4v) is 3.58. The average molecular weight is 337 g/mol. The van der Waals surface area contributed by atoms with E-state index in [1.807, 2.05) is 0 Å². The molecule has 2 heterocycles. The van der Waals surface area contributed by atoms with Gasteiger partial charge in [-0.15, -0.1) is 0 Å². The summed E-state index contributed by atoms with van der Waals surface area (Å²) in [7, 11) is 0. The molecule has 0 radical (unpaired) electrons. The molecule has 1 aromatic rings. The summed E-state index contributed by atoms with van der Waals surface area (Å²) in [5.41, 5.74) is 2.48. The molecule has 3 nitrogen and oxygen atoms in total. The molecule has 1 aromatic carbocycles. The molecule has 20 heavy (non-hydrogen) atoms. The highest BCUT2D eigenvalue weighted by atomic mass is 79.9. The Morgan fingerprint density at radius 1 is 1.35 bits per heavy atom. The maximum Gasteiger partial charge on any atom is 0.222 e. The van der Waals surface area contributed by atoms with E-state index in [0.717, 1.165) is 37.1 Å². The zero-order valence-electron chi connectivity index (χ0n) is 11.9. The summed E-state index contributed by atoms with van der Waals surface area (Å²) < 4.78 is 1.13. The molecule has 2 fully saturated rings. The Bertz CT molecular complexity index is 505. The van der Waals surface area contributed by atoms with Gasteiger partial charge in [0.1, 0.15) is 0 Å². The van der Waals surface area contributed by atoms with Gasteiger partial charge in [0.05, 0.1) is 0 Å². The second kappa shape index (κ2) is 5.86. The molecule has 0 spiro atoms. The lowest BCUT2D eigenvalue weighted by Crippen LogP contribution is -2.31. The summed E-state index contributed by atoms with van der Waals surface area (Å²) >= 11 is 3.51. The molecule has 3 rings (SSSR count). The Morgan fingerprint density at radius 3 is 2.70 bits per heavy atom. The van der Waals surface area contributed by atoms with Crippen LogP contribution in [0.15, 0.2) is 22.7 Å². The van der Waals surface area contributed by atoms with Crippen molar-refractivity contribution < 1.29 is 4.79 Å². The minimum absolute atomic E-state index is 0.319. The molecule has 4 heteroatoms. The summed E-state index contributed by atoms with van der Waals surface area (Å²) in [4.78, 5) is 14.4. The third-order valence-corrected chi connectivity index (χ3v) is 5.48. The normalized spacial score (nSPS) is 25.0. The molecular formula is C16H21BrN2O. The Morgan fingerprint density at radius 2 is 2.05 bits per heavy atom. The van der Waals surface area contributed by atoms with Crippen molar-refractivity contribution in [1.29, 1.82) is 0 Å². The molecule has 2 saturated heterocycles. The van der Waals surface area contributed by atoms with E-state index in [1.165, 1.54) is 11.1 Å². The number of hydrogen-bond acceptors (Lipinski definition) is 2. The van der Waals surface area contributed by atoms with Crippen LogP contribution < -0.4 is 5.32 Å². The molecule has 0 unspecified atom stereocenters. The number of amides is 1. The number of carbonyl (C=O) groups excluding carboxylic acids is 1. The van der Waals surface area contributed by atoms with E-state index >= 15 is 0 Å². The first-order chi connectivity index (χ1) is 9.63. The topological polar surface area (TPSA) is 32.3 Å². The van der Waals surface area contributed by atoms with E-state index < -0.39 is 0 Å². The number of nitrogens with one attached hydrogen (secondary N) is 1. The van der Waals surface area contributed by atoms with Crippen LogP contribution in [0.1, 0.15) is 17.5 Å². The lowest BCUT2D eigenvalue weighted by atomic mass is 10.0. The molecule has 0 aliphatic carbocycles. The third-order valence-electron chi connectivity index (χ3n) is 4.59. The van der Waals surface area contributed by atoms with Crippen molar-refractivity contribution >= 4 is 21.8 Å². The fourth-order valence-electron chi connectivity index (χ4n) is 3.33. The summed E-state index contributed by atoms with van der Waals surface area (Å²) in [6.07, 6.45) is 1.48. The van der Waals surface area contributed by atoms with Gasteiger partial charge in [0, 0.05) is 37.1 Å².